The zero-order valence-electron chi connectivity index (χ0n) is 12.8. The van der Waals surface area contributed by atoms with Crippen LogP contribution in [0, 0.1) is 0 Å². The first-order chi connectivity index (χ1) is 11.6. The van der Waals surface area contributed by atoms with Gasteiger partial charge in [-0.1, -0.05) is 5.16 Å². The third-order valence-electron chi connectivity index (χ3n) is 3.03. The number of carbonyl (C=O) groups is 4. The molecule has 0 saturated carbocycles. The fourth-order valence-corrected chi connectivity index (χ4v) is 2.84. The average molecular weight is 353 g/mol. The molecule has 0 aromatic carbocycles. The largest absolute Gasteiger partial charge is 0.361 e. The smallest absolute Gasteiger partial charge is 0.274 e. The molecule has 1 aromatic heterocycles. The topological polar surface area (TPSA) is 128 Å². The lowest BCUT2D eigenvalue weighted by molar-refractivity contribution is -0.111. The van der Waals surface area contributed by atoms with Crippen LogP contribution in [0.1, 0.15) is 37.8 Å². The first kappa shape index (κ1) is 17.9. The van der Waals surface area contributed by atoms with Crippen LogP contribution in [0.3, 0.4) is 0 Å². The second-order valence-electron chi connectivity index (χ2n) is 4.59. The van der Waals surface area contributed by atoms with Crippen molar-refractivity contribution in [2.24, 2.45) is 0 Å². The molecule has 1 aliphatic carbocycles. The molecule has 0 spiro atoms. The first-order valence-electron chi connectivity index (χ1n) is 7.00. The van der Waals surface area contributed by atoms with Crippen LogP contribution in [-0.4, -0.2) is 55.2 Å². The molecule has 2 N–H and O–H groups in total. The lowest BCUT2D eigenvalue weighted by Gasteiger charge is -2.10. The zero-order chi connectivity index (χ0) is 17.5. The number of ether oxygens (including phenoxy) is 1. The van der Waals surface area contributed by atoms with Crippen molar-refractivity contribution < 1.29 is 28.4 Å². The maximum Gasteiger partial charge on any atom is 0.274 e. The molecular weight excluding hydrogens is 338 g/mol. The second-order valence-corrected chi connectivity index (χ2v) is 5.73. The molecule has 0 fully saturated rings. The number of thioether (sulfide) groups is 1. The van der Waals surface area contributed by atoms with Crippen molar-refractivity contribution in [3.05, 3.63) is 28.0 Å². The Bertz CT molecular complexity index is 697. The molecule has 24 heavy (non-hydrogen) atoms. The van der Waals surface area contributed by atoms with Crippen molar-refractivity contribution >= 4 is 35.6 Å². The van der Waals surface area contributed by atoms with Gasteiger partial charge in [0, 0.05) is 25.5 Å². The van der Waals surface area contributed by atoms with Gasteiger partial charge in [-0.2, -0.15) is 0 Å². The Morgan fingerprint density at radius 2 is 2.25 bits per heavy atom. The van der Waals surface area contributed by atoms with Gasteiger partial charge in [-0.25, -0.2) is 0 Å². The summed E-state index contributed by atoms with van der Waals surface area (Å²) in [5, 5.41) is 8.22. The number of aromatic nitrogens is 1. The number of amides is 2. The third kappa shape index (κ3) is 3.89. The van der Waals surface area contributed by atoms with Gasteiger partial charge in [0.2, 0.25) is 23.7 Å². The van der Waals surface area contributed by atoms with E-state index < -0.39 is 17.5 Å². The van der Waals surface area contributed by atoms with Crippen LogP contribution in [0.2, 0.25) is 0 Å². The molecule has 2 rings (SSSR count). The standard InChI is InChI=1S/C14H15N3O6S/c1-15-14(21)11-10-12(20)9(5-8(19)13(10)23-17-11)24-4-2-3-22-7-16-6-18/h5-6H,2-4,7H2,1H3,(H,15,21)(H,16,18). The van der Waals surface area contributed by atoms with Crippen molar-refractivity contribution in [3.63, 3.8) is 0 Å². The van der Waals surface area contributed by atoms with Crippen LogP contribution in [0.4, 0.5) is 0 Å². The summed E-state index contributed by atoms with van der Waals surface area (Å²) in [6, 6.07) is 0. The quantitative estimate of drug-likeness (QED) is 0.364. The fraction of sp³-hybridized carbons (Fsp3) is 0.357. The van der Waals surface area contributed by atoms with Gasteiger partial charge in [0.15, 0.2) is 5.69 Å². The Hall–Kier alpha value is -2.46. The van der Waals surface area contributed by atoms with Crippen molar-refractivity contribution in [2.75, 3.05) is 26.1 Å². The average Bonchev–Trinajstić information content (AvgIpc) is 3.03. The zero-order valence-corrected chi connectivity index (χ0v) is 13.6. The van der Waals surface area contributed by atoms with E-state index in [1.165, 1.54) is 24.9 Å². The van der Waals surface area contributed by atoms with Crippen molar-refractivity contribution in [1.29, 1.82) is 0 Å². The number of fused-ring (bicyclic) bond motifs is 1. The monoisotopic (exact) mass is 353 g/mol. The van der Waals surface area contributed by atoms with Crippen LogP contribution < -0.4 is 10.6 Å². The highest BCUT2D eigenvalue weighted by Crippen LogP contribution is 2.30. The van der Waals surface area contributed by atoms with E-state index in [1.807, 2.05) is 0 Å². The first-order valence-corrected chi connectivity index (χ1v) is 7.98. The van der Waals surface area contributed by atoms with Crippen molar-refractivity contribution in [2.45, 2.75) is 6.42 Å². The number of allylic oxidation sites excluding steroid dienone is 2. The minimum atomic E-state index is -0.594. The van der Waals surface area contributed by atoms with Crippen molar-refractivity contribution in [1.82, 2.24) is 15.8 Å². The minimum absolute atomic E-state index is 0.101. The molecule has 1 heterocycles. The van der Waals surface area contributed by atoms with Crippen LogP contribution >= 0.6 is 11.8 Å². The molecule has 0 saturated heterocycles. The van der Waals surface area contributed by atoms with E-state index in [-0.39, 0.29) is 28.7 Å². The van der Waals surface area contributed by atoms with Gasteiger partial charge in [0.25, 0.3) is 5.91 Å². The fourth-order valence-electron chi connectivity index (χ4n) is 1.93. The molecule has 1 aliphatic rings. The Kier molecular flexibility index (Phi) is 6.27. The van der Waals surface area contributed by atoms with E-state index in [4.69, 9.17) is 9.26 Å². The highest BCUT2D eigenvalue weighted by atomic mass is 32.2. The summed E-state index contributed by atoms with van der Waals surface area (Å²) in [5.74, 6) is -1.24. The lowest BCUT2D eigenvalue weighted by Crippen LogP contribution is -2.23. The second kappa shape index (κ2) is 8.41. The van der Waals surface area contributed by atoms with Gasteiger partial charge in [0.05, 0.1) is 4.91 Å². The summed E-state index contributed by atoms with van der Waals surface area (Å²) < 4.78 is 9.95. The number of nitrogens with zero attached hydrogens (tertiary/aromatic N) is 1. The predicted octanol–water partition coefficient (Wildman–Crippen LogP) is 0.140. The molecule has 0 bridgehead atoms. The molecule has 128 valence electrons. The van der Waals surface area contributed by atoms with Gasteiger partial charge < -0.3 is 19.9 Å². The summed E-state index contributed by atoms with van der Waals surface area (Å²) in [5.41, 5.74) is -0.295. The molecule has 0 radical (unpaired) electrons. The maximum atomic E-state index is 12.5. The van der Waals surface area contributed by atoms with Gasteiger partial charge in [0.1, 0.15) is 12.3 Å². The number of hydrogen-bond donors (Lipinski definition) is 2. The van der Waals surface area contributed by atoms with E-state index >= 15 is 0 Å². The number of hydrogen-bond acceptors (Lipinski definition) is 8. The van der Waals surface area contributed by atoms with Crippen LogP contribution in [0.5, 0.6) is 0 Å². The number of Topliss-reactive ketones (excluding diaryl/α,β-unsaturated/α-hetero) is 1. The summed E-state index contributed by atoms with van der Waals surface area (Å²) in [4.78, 5) is 46.4. The van der Waals surface area contributed by atoms with Crippen LogP contribution in [0.15, 0.2) is 15.5 Å². The highest BCUT2D eigenvalue weighted by Gasteiger charge is 2.35. The number of rotatable bonds is 9. The summed E-state index contributed by atoms with van der Waals surface area (Å²) >= 11 is 1.19. The van der Waals surface area contributed by atoms with Gasteiger partial charge in [-0.05, 0) is 6.42 Å². The molecule has 1 aromatic rings. The SMILES string of the molecule is CNC(=O)c1noc2c1C(=O)C(SCCCOCNC=O)=CC2=O. The van der Waals surface area contributed by atoms with E-state index in [0.29, 0.717) is 25.2 Å². The van der Waals surface area contributed by atoms with Gasteiger partial charge >= 0.3 is 0 Å². The molecule has 10 heteroatoms. The Morgan fingerprint density at radius 1 is 1.46 bits per heavy atom. The number of ketones is 2. The summed E-state index contributed by atoms with van der Waals surface area (Å²) in [6.45, 7) is 0.513. The Labute approximate surface area is 141 Å². The van der Waals surface area contributed by atoms with Gasteiger partial charge in [-0.3, -0.25) is 19.2 Å². The Balaban J connectivity index is 1.97. The van der Waals surface area contributed by atoms with Gasteiger partial charge in [-0.15, -0.1) is 11.8 Å². The predicted molar refractivity (Wildman–Crippen MR) is 83.7 cm³/mol. The molecule has 9 nitrogen and oxygen atoms in total. The van der Waals surface area contributed by atoms with E-state index in [0.717, 1.165) is 0 Å². The number of nitrogens with one attached hydrogen (secondary N) is 2. The number of carbonyl (C=O) groups excluding carboxylic acids is 4. The lowest BCUT2D eigenvalue weighted by atomic mass is 10.00. The van der Waals surface area contributed by atoms with E-state index in [9.17, 15) is 19.2 Å². The third-order valence-corrected chi connectivity index (χ3v) is 4.14. The summed E-state index contributed by atoms with van der Waals surface area (Å²) in [6.07, 6.45) is 2.33. The normalized spacial score (nSPS) is 13.3. The van der Waals surface area contributed by atoms with E-state index in [2.05, 4.69) is 15.8 Å². The van der Waals surface area contributed by atoms with Crippen LogP contribution in [-0.2, 0) is 9.53 Å². The molecule has 0 aliphatic heterocycles. The molecular formula is C14H15N3O6S. The van der Waals surface area contributed by atoms with E-state index in [1.54, 1.807) is 0 Å². The molecule has 0 unspecified atom stereocenters. The maximum absolute atomic E-state index is 12.5. The minimum Gasteiger partial charge on any atom is -0.361 e. The van der Waals surface area contributed by atoms with Crippen LogP contribution in [0.25, 0.3) is 0 Å². The molecule has 2 amide bonds. The molecule has 0 atom stereocenters. The highest BCUT2D eigenvalue weighted by molar-refractivity contribution is 8.04. The van der Waals surface area contributed by atoms with Crippen molar-refractivity contribution in [3.8, 4) is 0 Å². The summed E-state index contributed by atoms with van der Waals surface area (Å²) in [7, 11) is 1.39. The Morgan fingerprint density at radius 3 is 2.96 bits per heavy atom.